The molecule has 0 radical (unpaired) electrons. The maximum Gasteiger partial charge on any atom is 0.161 e. The zero-order chi connectivity index (χ0) is 13.8. The van der Waals surface area contributed by atoms with E-state index in [-0.39, 0.29) is 5.82 Å². The number of hydrogen-bond acceptors (Lipinski definition) is 5. The van der Waals surface area contributed by atoms with Gasteiger partial charge in [0.15, 0.2) is 12.1 Å². The highest BCUT2D eigenvalue weighted by molar-refractivity contribution is 5.81. The van der Waals surface area contributed by atoms with Crippen molar-refractivity contribution < 1.29 is 9.53 Å². The number of nitrogens with two attached hydrogens (primary N) is 1. The summed E-state index contributed by atoms with van der Waals surface area (Å²) in [5.41, 5.74) is 7.91. The smallest absolute Gasteiger partial charge is 0.161 e. The number of aromatic nitrogens is 2. The molecule has 0 aliphatic carbocycles. The van der Waals surface area contributed by atoms with Gasteiger partial charge >= 0.3 is 0 Å². The number of carbonyl (C=O) groups is 1. The maximum atomic E-state index is 10.7. The SMILES string of the molecule is CCc1cc(-c2ncc(C=O)c(N)n2)ccc1OC. The first-order valence-electron chi connectivity index (χ1n) is 5.94. The fourth-order valence-corrected chi connectivity index (χ4v) is 1.83. The second-order valence-corrected chi connectivity index (χ2v) is 4.03. The van der Waals surface area contributed by atoms with E-state index in [1.54, 1.807) is 7.11 Å². The number of aryl methyl sites for hydroxylation is 1. The lowest BCUT2D eigenvalue weighted by Crippen LogP contribution is -2.01. The van der Waals surface area contributed by atoms with Crippen molar-refractivity contribution in [3.8, 4) is 17.1 Å². The number of carbonyl (C=O) groups excluding carboxylic acids is 1. The van der Waals surface area contributed by atoms with Gasteiger partial charge in [-0.05, 0) is 30.2 Å². The van der Waals surface area contributed by atoms with E-state index in [0.29, 0.717) is 17.7 Å². The summed E-state index contributed by atoms with van der Waals surface area (Å²) < 4.78 is 5.28. The minimum absolute atomic E-state index is 0.189. The summed E-state index contributed by atoms with van der Waals surface area (Å²) in [6.07, 6.45) is 2.92. The average molecular weight is 257 g/mol. The van der Waals surface area contributed by atoms with Crippen LogP contribution in [0.2, 0.25) is 0 Å². The van der Waals surface area contributed by atoms with Gasteiger partial charge in [0.25, 0.3) is 0 Å². The van der Waals surface area contributed by atoms with E-state index >= 15 is 0 Å². The summed E-state index contributed by atoms with van der Waals surface area (Å²) >= 11 is 0. The van der Waals surface area contributed by atoms with E-state index in [1.165, 1.54) is 6.20 Å². The Morgan fingerprint density at radius 2 is 2.21 bits per heavy atom. The van der Waals surface area contributed by atoms with Gasteiger partial charge < -0.3 is 10.5 Å². The fourth-order valence-electron chi connectivity index (χ4n) is 1.83. The zero-order valence-corrected chi connectivity index (χ0v) is 10.9. The molecule has 0 saturated heterocycles. The molecule has 1 aromatic heterocycles. The van der Waals surface area contributed by atoms with Crippen LogP contribution in [-0.2, 0) is 6.42 Å². The number of methoxy groups -OCH3 is 1. The van der Waals surface area contributed by atoms with E-state index in [0.717, 1.165) is 23.3 Å². The lowest BCUT2D eigenvalue weighted by Gasteiger charge is -2.09. The molecule has 0 atom stereocenters. The van der Waals surface area contributed by atoms with Gasteiger partial charge in [-0.15, -0.1) is 0 Å². The van der Waals surface area contributed by atoms with E-state index in [4.69, 9.17) is 10.5 Å². The lowest BCUT2D eigenvalue weighted by molar-refractivity contribution is 0.112. The van der Waals surface area contributed by atoms with E-state index in [2.05, 4.69) is 9.97 Å². The predicted molar refractivity (Wildman–Crippen MR) is 73.2 cm³/mol. The Balaban J connectivity index is 2.47. The summed E-state index contributed by atoms with van der Waals surface area (Å²) in [7, 11) is 1.64. The molecule has 5 nitrogen and oxygen atoms in total. The van der Waals surface area contributed by atoms with Crippen LogP contribution in [0.25, 0.3) is 11.4 Å². The summed E-state index contributed by atoms with van der Waals surface area (Å²) in [6, 6.07) is 5.71. The third kappa shape index (κ3) is 2.54. The summed E-state index contributed by atoms with van der Waals surface area (Å²) in [5, 5.41) is 0. The molecule has 1 aromatic carbocycles. The number of nitrogens with zero attached hydrogens (tertiary/aromatic N) is 2. The third-order valence-corrected chi connectivity index (χ3v) is 2.89. The molecule has 1 heterocycles. The monoisotopic (exact) mass is 257 g/mol. The van der Waals surface area contributed by atoms with Crippen LogP contribution in [0.15, 0.2) is 24.4 Å². The Kier molecular flexibility index (Phi) is 3.75. The lowest BCUT2D eigenvalue weighted by atomic mass is 10.1. The predicted octanol–water partition coefficient (Wildman–Crippen LogP) is 2.11. The van der Waals surface area contributed by atoms with E-state index in [9.17, 15) is 4.79 Å². The molecule has 2 aromatic rings. The van der Waals surface area contributed by atoms with Crippen LogP contribution in [0.3, 0.4) is 0 Å². The van der Waals surface area contributed by atoms with Gasteiger partial charge in [0, 0.05) is 11.8 Å². The number of aldehydes is 1. The molecule has 0 fully saturated rings. The number of hydrogen-bond donors (Lipinski definition) is 1. The standard InChI is InChI=1S/C14H15N3O2/c1-3-9-6-10(4-5-12(9)19-2)14-16-7-11(8-18)13(15)17-14/h4-8H,3H2,1-2H3,(H2,15,16,17). The van der Waals surface area contributed by atoms with Crippen LogP contribution in [0.4, 0.5) is 5.82 Å². The molecule has 98 valence electrons. The highest BCUT2D eigenvalue weighted by Crippen LogP contribution is 2.25. The van der Waals surface area contributed by atoms with Crippen molar-refractivity contribution in [1.29, 1.82) is 0 Å². The first-order chi connectivity index (χ1) is 9.19. The Labute approximate surface area is 111 Å². The van der Waals surface area contributed by atoms with Crippen molar-refractivity contribution in [1.82, 2.24) is 9.97 Å². The Bertz CT molecular complexity index is 612. The molecular formula is C14H15N3O2. The van der Waals surface area contributed by atoms with Crippen LogP contribution >= 0.6 is 0 Å². The molecule has 0 aliphatic heterocycles. The fraction of sp³-hybridized carbons (Fsp3) is 0.214. The normalized spacial score (nSPS) is 10.2. The van der Waals surface area contributed by atoms with Crippen molar-refractivity contribution >= 4 is 12.1 Å². The maximum absolute atomic E-state index is 10.7. The molecule has 2 N–H and O–H groups in total. The van der Waals surface area contributed by atoms with E-state index < -0.39 is 0 Å². The molecular weight excluding hydrogens is 242 g/mol. The number of ether oxygens (including phenoxy) is 1. The summed E-state index contributed by atoms with van der Waals surface area (Å²) in [4.78, 5) is 19.0. The second kappa shape index (κ2) is 5.48. The van der Waals surface area contributed by atoms with Crippen LogP contribution in [0, 0.1) is 0 Å². The first kappa shape index (κ1) is 13.0. The molecule has 0 aliphatic rings. The Morgan fingerprint density at radius 1 is 1.42 bits per heavy atom. The molecule has 19 heavy (non-hydrogen) atoms. The quantitative estimate of drug-likeness (QED) is 0.849. The van der Waals surface area contributed by atoms with Crippen LogP contribution in [0.5, 0.6) is 5.75 Å². The van der Waals surface area contributed by atoms with Gasteiger partial charge in [0.2, 0.25) is 0 Å². The van der Waals surface area contributed by atoms with Gasteiger partial charge in [0.05, 0.1) is 12.7 Å². The number of nitrogen functional groups attached to an aromatic ring is 1. The Hall–Kier alpha value is -2.43. The molecule has 0 saturated carbocycles. The van der Waals surface area contributed by atoms with Crippen molar-refractivity contribution in [3.05, 3.63) is 35.5 Å². The highest BCUT2D eigenvalue weighted by Gasteiger charge is 2.08. The average Bonchev–Trinajstić information content (AvgIpc) is 2.46. The van der Waals surface area contributed by atoms with Crippen molar-refractivity contribution in [2.75, 3.05) is 12.8 Å². The van der Waals surface area contributed by atoms with Crippen LogP contribution in [-0.4, -0.2) is 23.4 Å². The van der Waals surface area contributed by atoms with Gasteiger partial charge in [-0.3, -0.25) is 4.79 Å². The molecule has 0 bridgehead atoms. The van der Waals surface area contributed by atoms with Gasteiger partial charge in [-0.25, -0.2) is 9.97 Å². The number of rotatable bonds is 4. The molecule has 0 spiro atoms. The summed E-state index contributed by atoms with van der Waals surface area (Å²) in [6.45, 7) is 2.05. The van der Waals surface area contributed by atoms with Crippen molar-refractivity contribution in [3.63, 3.8) is 0 Å². The third-order valence-electron chi connectivity index (χ3n) is 2.89. The van der Waals surface area contributed by atoms with Gasteiger partial charge in [-0.2, -0.15) is 0 Å². The van der Waals surface area contributed by atoms with Crippen LogP contribution < -0.4 is 10.5 Å². The number of benzene rings is 1. The molecule has 5 heteroatoms. The largest absolute Gasteiger partial charge is 0.496 e. The highest BCUT2D eigenvalue weighted by atomic mass is 16.5. The molecule has 0 unspecified atom stereocenters. The van der Waals surface area contributed by atoms with Gasteiger partial charge in [0.1, 0.15) is 11.6 Å². The van der Waals surface area contributed by atoms with E-state index in [1.807, 2.05) is 25.1 Å². The van der Waals surface area contributed by atoms with Crippen molar-refractivity contribution in [2.45, 2.75) is 13.3 Å². The Morgan fingerprint density at radius 3 is 2.79 bits per heavy atom. The molecule has 2 rings (SSSR count). The zero-order valence-electron chi connectivity index (χ0n) is 10.9. The minimum atomic E-state index is 0.189. The first-order valence-corrected chi connectivity index (χ1v) is 5.94. The van der Waals surface area contributed by atoms with Gasteiger partial charge in [-0.1, -0.05) is 6.92 Å². The molecule has 0 amide bonds. The second-order valence-electron chi connectivity index (χ2n) is 4.03. The number of anilines is 1. The summed E-state index contributed by atoms with van der Waals surface area (Å²) in [5.74, 6) is 1.53. The van der Waals surface area contributed by atoms with Crippen LogP contribution in [0.1, 0.15) is 22.8 Å². The van der Waals surface area contributed by atoms with Crippen molar-refractivity contribution in [2.24, 2.45) is 0 Å². The minimum Gasteiger partial charge on any atom is -0.496 e. The topological polar surface area (TPSA) is 78.1 Å².